The summed E-state index contributed by atoms with van der Waals surface area (Å²) in [6.07, 6.45) is 2.12. The van der Waals surface area contributed by atoms with Crippen LogP contribution in [0, 0.1) is 0 Å². The number of ether oxygens (including phenoxy) is 1. The first kappa shape index (κ1) is 10.9. The molecule has 0 saturated carbocycles. The van der Waals surface area contributed by atoms with Crippen molar-refractivity contribution in [2.45, 2.75) is 18.3 Å². The molecular weight excluding hydrogens is 210 g/mol. The Labute approximate surface area is 95.4 Å². The van der Waals surface area contributed by atoms with Crippen molar-refractivity contribution in [3.05, 3.63) is 34.9 Å². The van der Waals surface area contributed by atoms with Gasteiger partial charge in [-0.2, -0.15) is 0 Å². The monoisotopic (exact) mass is 225 g/mol. The SMILES string of the molecule is NCCCC1(c2cccc(Cl)c2)COC1. The highest BCUT2D eigenvalue weighted by atomic mass is 35.5. The number of nitrogens with two attached hydrogens (primary N) is 1. The Balaban J connectivity index is 2.18. The lowest BCUT2D eigenvalue weighted by molar-refractivity contribution is -0.0649. The predicted octanol–water partition coefficient (Wildman–Crippen LogP) is 2.35. The van der Waals surface area contributed by atoms with Crippen molar-refractivity contribution in [3.63, 3.8) is 0 Å². The van der Waals surface area contributed by atoms with Crippen molar-refractivity contribution < 1.29 is 4.74 Å². The van der Waals surface area contributed by atoms with Gasteiger partial charge in [-0.3, -0.25) is 0 Å². The van der Waals surface area contributed by atoms with E-state index in [1.165, 1.54) is 5.56 Å². The molecular formula is C12H16ClNO. The fraction of sp³-hybridized carbons (Fsp3) is 0.500. The minimum absolute atomic E-state index is 0.171. The van der Waals surface area contributed by atoms with E-state index >= 15 is 0 Å². The van der Waals surface area contributed by atoms with Crippen LogP contribution < -0.4 is 5.73 Å². The van der Waals surface area contributed by atoms with E-state index in [-0.39, 0.29) is 5.41 Å². The maximum absolute atomic E-state index is 6.00. The summed E-state index contributed by atoms with van der Waals surface area (Å²) in [5.41, 5.74) is 7.01. The lowest BCUT2D eigenvalue weighted by Crippen LogP contribution is -2.47. The summed E-state index contributed by atoms with van der Waals surface area (Å²) < 4.78 is 5.35. The van der Waals surface area contributed by atoms with Gasteiger partial charge in [-0.15, -0.1) is 0 Å². The minimum atomic E-state index is 0.171. The molecule has 0 aromatic heterocycles. The minimum Gasteiger partial charge on any atom is -0.379 e. The molecule has 2 rings (SSSR count). The van der Waals surface area contributed by atoms with E-state index in [1.807, 2.05) is 18.2 Å². The Kier molecular flexibility index (Phi) is 3.29. The highest BCUT2D eigenvalue weighted by Crippen LogP contribution is 2.37. The molecule has 2 N–H and O–H groups in total. The molecule has 0 aliphatic carbocycles. The number of hydrogen-bond donors (Lipinski definition) is 1. The van der Waals surface area contributed by atoms with Gasteiger partial charge in [0.05, 0.1) is 13.2 Å². The van der Waals surface area contributed by atoms with Crippen LogP contribution >= 0.6 is 11.6 Å². The van der Waals surface area contributed by atoms with E-state index < -0.39 is 0 Å². The standard InChI is InChI=1S/C12H16ClNO/c13-11-4-1-3-10(7-11)12(5-2-6-14)8-15-9-12/h1,3-4,7H,2,5-6,8-9,14H2. The van der Waals surface area contributed by atoms with Gasteiger partial charge in [-0.05, 0) is 37.1 Å². The molecule has 1 saturated heterocycles. The molecule has 1 aliphatic heterocycles. The van der Waals surface area contributed by atoms with Crippen LogP contribution in [0.1, 0.15) is 18.4 Å². The normalized spacial score (nSPS) is 18.5. The average molecular weight is 226 g/mol. The lowest BCUT2D eigenvalue weighted by atomic mass is 9.75. The maximum atomic E-state index is 6.00. The van der Waals surface area contributed by atoms with Crippen LogP contribution in [0.5, 0.6) is 0 Å². The molecule has 2 nitrogen and oxygen atoms in total. The van der Waals surface area contributed by atoms with Gasteiger partial charge in [0.25, 0.3) is 0 Å². The quantitative estimate of drug-likeness (QED) is 0.854. The molecule has 1 aromatic rings. The Morgan fingerprint density at radius 1 is 1.40 bits per heavy atom. The third-order valence-electron chi connectivity index (χ3n) is 3.05. The molecule has 3 heteroatoms. The number of rotatable bonds is 4. The van der Waals surface area contributed by atoms with Crippen molar-refractivity contribution >= 4 is 11.6 Å². The first-order valence-corrected chi connectivity index (χ1v) is 5.68. The van der Waals surface area contributed by atoms with Gasteiger partial charge >= 0.3 is 0 Å². The van der Waals surface area contributed by atoms with E-state index in [0.29, 0.717) is 0 Å². The van der Waals surface area contributed by atoms with Gasteiger partial charge in [0.2, 0.25) is 0 Å². The number of hydrogen-bond acceptors (Lipinski definition) is 2. The summed E-state index contributed by atoms with van der Waals surface area (Å²) >= 11 is 6.00. The number of benzene rings is 1. The lowest BCUT2D eigenvalue weighted by Gasteiger charge is -2.42. The third kappa shape index (κ3) is 2.17. The van der Waals surface area contributed by atoms with Crippen LogP contribution in [-0.4, -0.2) is 19.8 Å². The summed E-state index contributed by atoms with van der Waals surface area (Å²) in [7, 11) is 0. The topological polar surface area (TPSA) is 35.2 Å². The molecule has 0 amide bonds. The highest BCUT2D eigenvalue weighted by Gasteiger charge is 2.39. The molecule has 1 aliphatic rings. The third-order valence-corrected chi connectivity index (χ3v) is 3.29. The van der Waals surface area contributed by atoms with Gasteiger partial charge in [-0.1, -0.05) is 23.7 Å². The zero-order valence-corrected chi connectivity index (χ0v) is 9.46. The van der Waals surface area contributed by atoms with Crippen LogP contribution in [0.25, 0.3) is 0 Å². The molecule has 0 bridgehead atoms. The molecule has 1 heterocycles. The number of halogens is 1. The van der Waals surface area contributed by atoms with Gasteiger partial charge in [0.15, 0.2) is 0 Å². The summed E-state index contributed by atoms with van der Waals surface area (Å²) in [6, 6.07) is 8.08. The van der Waals surface area contributed by atoms with E-state index in [1.54, 1.807) is 0 Å². The second kappa shape index (κ2) is 4.52. The molecule has 0 spiro atoms. The largest absolute Gasteiger partial charge is 0.379 e. The van der Waals surface area contributed by atoms with Crippen LogP contribution in [-0.2, 0) is 10.2 Å². The van der Waals surface area contributed by atoms with Crippen molar-refractivity contribution in [1.82, 2.24) is 0 Å². The summed E-state index contributed by atoms with van der Waals surface area (Å²) in [5.74, 6) is 0. The van der Waals surface area contributed by atoms with Crippen LogP contribution in [0.2, 0.25) is 5.02 Å². The van der Waals surface area contributed by atoms with Crippen molar-refractivity contribution in [2.75, 3.05) is 19.8 Å². The Morgan fingerprint density at radius 2 is 2.20 bits per heavy atom. The molecule has 0 radical (unpaired) electrons. The van der Waals surface area contributed by atoms with Crippen LogP contribution in [0.15, 0.2) is 24.3 Å². The first-order chi connectivity index (χ1) is 7.27. The van der Waals surface area contributed by atoms with E-state index in [9.17, 15) is 0 Å². The van der Waals surface area contributed by atoms with Gasteiger partial charge < -0.3 is 10.5 Å². The highest BCUT2D eigenvalue weighted by molar-refractivity contribution is 6.30. The van der Waals surface area contributed by atoms with Crippen molar-refractivity contribution in [2.24, 2.45) is 5.73 Å². The molecule has 1 fully saturated rings. The van der Waals surface area contributed by atoms with Gasteiger partial charge in [0.1, 0.15) is 0 Å². The van der Waals surface area contributed by atoms with E-state index in [2.05, 4.69) is 6.07 Å². The molecule has 0 atom stereocenters. The maximum Gasteiger partial charge on any atom is 0.0585 e. The molecule has 1 aromatic carbocycles. The van der Waals surface area contributed by atoms with Crippen molar-refractivity contribution in [1.29, 1.82) is 0 Å². The van der Waals surface area contributed by atoms with E-state index in [4.69, 9.17) is 22.1 Å². The summed E-state index contributed by atoms with van der Waals surface area (Å²) in [5, 5.41) is 0.798. The summed E-state index contributed by atoms with van der Waals surface area (Å²) in [6.45, 7) is 2.34. The average Bonchev–Trinajstić information content (AvgIpc) is 2.16. The van der Waals surface area contributed by atoms with Crippen LogP contribution in [0.4, 0.5) is 0 Å². The smallest absolute Gasteiger partial charge is 0.0585 e. The molecule has 15 heavy (non-hydrogen) atoms. The zero-order chi connectivity index (χ0) is 10.7. The molecule has 82 valence electrons. The fourth-order valence-electron chi connectivity index (χ4n) is 2.06. The second-order valence-electron chi connectivity index (χ2n) is 4.18. The van der Waals surface area contributed by atoms with Gasteiger partial charge in [0, 0.05) is 10.4 Å². The molecule has 0 unspecified atom stereocenters. The van der Waals surface area contributed by atoms with Crippen molar-refractivity contribution in [3.8, 4) is 0 Å². The predicted molar refractivity (Wildman–Crippen MR) is 62.2 cm³/mol. The van der Waals surface area contributed by atoms with Crippen LogP contribution in [0.3, 0.4) is 0 Å². The Morgan fingerprint density at radius 3 is 2.73 bits per heavy atom. The second-order valence-corrected chi connectivity index (χ2v) is 4.61. The summed E-state index contributed by atoms with van der Waals surface area (Å²) in [4.78, 5) is 0. The fourth-order valence-corrected chi connectivity index (χ4v) is 2.25. The van der Waals surface area contributed by atoms with Gasteiger partial charge in [-0.25, -0.2) is 0 Å². The van der Waals surface area contributed by atoms with E-state index in [0.717, 1.165) is 37.6 Å². The Bertz CT molecular complexity index is 336. The first-order valence-electron chi connectivity index (χ1n) is 5.31. The Hall–Kier alpha value is -0.570. The zero-order valence-electron chi connectivity index (χ0n) is 8.71.